The molecule has 0 amide bonds. The number of H-pyrrole nitrogens is 1. The highest BCUT2D eigenvalue weighted by Gasteiger charge is 2.53. The van der Waals surface area contributed by atoms with Gasteiger partial charge < -0.3 is 18.7 Å². The van der Waals surface area contributed by atoms with Crippen LogP contribution in [0.3, 0.4) is 0 Å². The number of hydrogen-bond acceptors (Lipinski definition) is 10. The molecule has 15 heteroatoms. The maximum Gasteiger partial charge on any atom is 0.128 e. The fraction of sp³-hybridized carbons (Fsp3) is 0.321. The van der Waals surface area contributed by atoms with E-state index in [4.69, 9.17) is 42.0 Å². The molecular formula is C28H32Cl2N6O4S3. The van der Waals surface area contributed by atoms with Gasteiger partial charge in [-0.3, -0.25) is 10.1 Å². The summed E-state index contributed by atoms with van der Waals surface area (Å²) in [7, 11) is -0.875. The summed E-state index contributed by atoms with van der Waals surface area (Å²) in [6.45, 7) is 3.93. The standard InChI is InChI=1S/C24H22Cl2N6O2S.C2H2.2CH4OS/c1-35(33)32-13-24(14-32)11-31(12-24)22-5-2-15(7-28-22)23-17-6-16(3-4-21(17)29-30-23)34-10-18-19(25)8-27-9-20(18)26;1-2;2*1-3-2/h2-9H,10-14H2,1H3,(H,29,30);1-2H;2*2H,1H3. The number of hydrogen-bond donors (Lipinski definition) is 3. The molecule has 6 rings (SSSR count). The number of fused-ring (bicyclic) bond motifs is 1. The molecule has 0 saturated carbocycles. The highest BCUT2D eigenvalue weighted by atomic mass is 35.5. The van der Waals surface area contributed by atoms with Crippen molar-refractivity contribution in [3.8, 4) is 29.9 Å². The molecule has 3 N–H and O–H groups in total. The third kappa shape index (κ3) is 8.55. The number of nitrogens with one attached hydrogen (secondary N) is 1. The first kappa shape index (κ1) is 34.9. The molecule has 1 aromatic carbocycles. The van der Waals surface area contributed by atoms with Crippen molar-refractivity contribution in [2.45, 2.75) is 6.61 Å². The summed E-state index contributed by atoms with van der Waals surface area (Å²) in [4.78, 5) is 10.9. The summed E-state index contributed by atoms with van der Waals surface area (Å²) < 4.78 is 34.5. The van der Waals surface area contributed by atoms with E-state index in [1.54, 1.807) is 31.2 Å². The minimum atomic E-state index is -0.875. The number of ether oxygens (including phenoxy) is 1. The first-order valence-electron chi connectivity index (χ1n) is 12.6. The third-order valence-electron chi connectivity index (χ3n) is 6.65. The molecule has 2 aliphatic heterocycles. The zero-order valence-electron chi connectivity index (χ0n) is 23.7. The Morgan fingerprint density at radius 2 is 1.67 bits per heavy atom. The van der Waals surface area contributed by atoms with Crippen molar-refractivity contribution in [1.29, 1.82) is 0 Å². The summed E-state index contributed by atoms with van der Waals surface area (Å²) in [5.41, 5.74) is 3.60. The van der Waals surface area contributed by atoms with Crippen LogP contribution in [0.15, 0.2) is 48.9 Å². The van der Waals surface area contributed by atoms with Gasteiger partial charge in [0.2, 0.25) is 0 Å². The lowest BCUT2D eigenvalue weighted by atomic mass is 9.74. The van der Waals surface area contributed by atoms with Crippen molar-refractivity contribution in [2.24, 2.45) is 5.41 Å². The second-order valence-electron chi connectivity index (χ2n) is 9.50. The van der Waals surface area contributed by atoms with Crippen molar-refractivity contribution in [2.75, 3.05) is 49.8 Å². The van der Waals surface area contributed by atoms with Gasteiger partial charge in [-0.15, -0.1) is 12.8 Å². The molecule has 1 atom stereocenters. The van der Waals surface area contributed by atoms with E-state index in [1.165, 1.54) is 0 Å². The summed E-state index contributed by atoms with van der Waals surface area (Å²) in [5, 5.41) is 9.47. The Kier molecular flexibility index (Phi) is 13.4. The third-order valence-corrected chi connectivity index (χ3v) is 8.29. The molecule has 4 aromatic rings. The predicted octanol–water partition coefficient (Wildman–Crippen LogP) is 6.22. The molecule has 3 aromatic heterocycles. The normalized spacial score (nSPS) is 15.4. The largest absolute Gasteiger partial charge is 0.489 e. The van der Waals surface area contributed by atoms with Gasteiger partial charge in [-0.05, 0) is 54.4 Å². The topological polar surface area (TPSA) is 128 Å². The van der Waals surface area contributed by atoms with Crippen molar-refractivity contribution in [3.63, 3.8) is 0 Å². The average Bonchev–Trinajstić information content (AvgIpc) is 3.37. The van der Waals surface area contributed by atoms with Crippen molar-refractivity contribution < 1.29 is 18.1 Å². The molecular weight excluding hydrogens is 651 g/mol. The molecule has 1 unspecified atom stereocenters. The van der Waals surface area contributed by atoms with Crippen LogP contribution in [-0.2, 0) is 17.6 Å². The number of rotatable bonds is 6. The van der Waals surface area contributed by atoms with Crippen molar-refractivity contribution >= 4 is 75.0 Å². The molecule has 1 spiro atoms. The minimum absolute atomic E-state index is 0.235. The van der Waals surface area contributed by atoms with E-state index < -0.39 is 11.0 Å². The molecule has 230 valence electrons. The molecule has 5 heterocycles. The fourth-order valence-electron chi connectivity index (χ4n) is 4.76. The van der Waals surface area contributed by atoms with Gasteiger partial charge in [0.1, 0.15) is 23.9 Å². The van der Waals surface area contributed by atoms with E-state index in [2.05, 4.69) is 32.9 Å². The van der Waals surface area contributed by atoms with E-state index in [9.17, 15) is 4.21 Å². The van der Waals surface area contributed by atoms with E-state index in [0.717, 1.165) is 78.2 Å². The molecule has 0 radical (unpaired) electrons. The SMILES string of the molecule is C#C.CS(=O)N1CC2(CN(c3ccc(-c4n[nH]c5ccc(OCc6c(Cl)cncc6Cl)cc45)cn3)C2)C1.CSO.CSO. The van der Waals surface area contributed by atoms with Crippen LogP contribution in [0, 0.1) is 18.3 Å². The Labute approximate surface area is 272 Å². The fourth-order valence-corrected chi connectivity index (χ4v) is 6.14. The summed E-state index contributed by atoms with van der Waals surface area (Å²) in [5.74, 6) is 1.63. The Morgan fingerprint density at radius 3 is 2.23 bits per heavy atom. The summed E-state index contributed by atoms with van der Waals surface area (Å²) >= 11 is 13.9. The summed E-state index contributed by atoms with van der Waals surface area (Å²) in [6, 6.07) is 9.84. The number of anilines is 1. The van der Waals surface area contributed by atoms with Gasteiger partial charge in [-0.25, -0.2) is 13.5 Å². The number of terminal acetylenes is 1. The van der Waals surface area contributed by atoms with Crippen LogP contribution >= 0.6 is 47.3 Å². The first-order valence-corrected chi connectivity index (χ1v) is 17.2. The monoisotopic (exact) mass is 682 g/mol. The number of halogens is 2. The lowest BCUT2D eigenvalue weighted by Gasteiger charge is -2.59. The van der Waals surface area contributed by atoms with E-state index >= 15 is 0 Å². The van der Waals surface area contributed by atoms with Crippen LogP contribution in [0.5, 0.6) is 5.75 Å². The zero-order chi connectivity index (χ0) is 31.6. The van der Waals surface area contributed by atoms with Crippen molar-refractivity contribution in [3.05, 3.63) is 64.5 Å². The minimum Gasteiger partial charge on any atom is -0.489 e. The zero-order valence-corrected chi connectivity index (χ0v) is 27.7. The van der Waals surface area contributed by atoms with Gasteiger partial charge in [0.15, 0.2) is 0 Å². The van der Waals surface area contributed by atoms with Gasteiger partial charge >= 0.3 is 0 Å². The Bertz CT molecular complexity index is 1500. The number of aromatic nitrogens is 4. The van der Waals surface area contributed by atoms with E-state index in [1.807, 2.05) is 40.8 Å². The quantitative estimate of drug-likeness (QED) is 0.159. The highest BCUT2D eigenvalue weighted by Crippen LogP contribution is 2.42. The number of nitrogens with zero attached hydrogens (tertiary/aromatic N) is 5. The molecule has 2 fully saturated rings. The molecule has 10 nitrogen and oxygen atoms in total. The Morgan fingerprint density at radius 1 is 1.05 bits per heavy atom. The second-order valence-corrected chi connectivity index (χ2v) is 12.4. The molecule has 0 bridgehead atoms. The van der Waals surface area contributed by atoms with Gasteiger partial charge in [0, 0.05) is 85.5 Å². The van der Waals surface area contributed by atoms with Crippen LogP contribution in [-0.4, -0.2) is 82.7 Å². The van der Waals surface area contributed by atoms with E-state index in [-0.39, 0.29) is 12.0 Å². The van der Waals surface area contributed by atoms with Gasteiger partial charge in [0.25, 0.3) is 0 Å². The predicted molar refractivity (Wildman–Crippen MR) is 180 cm³/mol. The lowest BCUT2D eigenvalue weighted by molar-refractivity contribution is 0.0434. The van der Waals surface area contributed by atoms with E-state index in [0.29, 0.717) is 21.4 Å². The maximum atomic E-state index is 11.6. The average molecular weight is 684 g/mol. The lowest BCUT2D eigenvalue weighted by Crippen LogP contribution is -2.72. The van der Waals surface area contributed by atoms with Gasteiger partial charge in [-0.1, -0.05) is 23.2 Å². The maximum absolute atomic E-state index is 11.6. The smallest absolute Gasteiger partial charge is 0.128 e. The van der Waals surface area contributed by atoms with Crippen LogP contribution in [0.1, 0.15) is 5.56 Å². The van der Waals surface area contributed by atoms with Crippen LogP contribution < -0.4 is 9.64 Å². The van der Waals surface area contributed by atoms with Crippen LogP contribution in [0.4, 0.5) is 5.82 Å². The highest BCUT2D eigenvalue weighted by molar-refractivity contribution is 7.93. The van der Waals surface area contributed by atoms with Crippen LogP contribution in [0.25, 0.3) is 22.2 Å². The molecule has 2 aliphatic rings. The number of aromatic amines is 1. The van der Waals surface area contributed by atoms with Crippen LogP contribution in [0.2, 0.25) is 10.0 Å². The molecule has 0 aliphatic carbocycles. The molecule has 2 saturated heterocycles. The van der Waals surface area contributed by atoms with Gasteiger partial charge in [-0.2, -0.15) is 5.10 Å². The summed E-state index contributed by atoms with van der Waals surface area (Å²) in [6.07, 6.45) is 17.9. The number of pyridine rings is 2. The first-order chi connectivity index (χ1) is 20.7. The molecule has 43 heavy (non-hydrogen) atoms. The number of benzene rings is 1. The second kappa shape index (κ2) is 16.5. The van der Waals surface area contributed by atoms with Crippen molar-refractivity contribution in [1.82, 2.24) is 24.5 Å². The Balaban J connectivity index is 0.000000576. The Hall–Kier alpha value is -2.54. The van der Waals surface area contributed by atoms with Gasteiger partial charge in [0.05, 0.1) is 26.5 Å².